The van der Waals surface area contributed by atoms with Crippen LogP contribution in [0.2, 0.25) is 51.4 Å². The molecule has 2 aromatic heterocycles. The van der Waals surface area contributed by atoms with Gasteiger partial charge in [-0.3, -0.25) is 0 Å². The minimum Gasteiger partial charge on any atom is -0.465 e. The van der Waals surface area contributed by atoms with Crippen molar-refractivity contribution in [2.45, 2.75) is 145 Å². The number of hydrogen-bond donors (Lipinski definition) is 0. The standard InChI is InChI=1S/C20H30N2O3Si.C16H23BO4.C10H19IN2OSi/c1-14-10-15(2)18(20(23)24-4)11-17(14)19-16(3)12-21-22(19)13-25-8-9-26(5,6)7;1-10-8-11(2)13(9-12(10)14(18)19-7)17-20-15(3,4)16(5,6)21-17;1-9-7-12-13(10(9)11)8-14-5-6-15(2,3)4/h10-12H,8-9,13H2,1-7H3;8-9H,1-7H3;7H,5-6,8H2,1-4H3. The first kappa shape index (κ1) is 53.2. The summed E-state index contributed by atoms with van der Waals surface area (Å²) in [6.45, 7) is 36.7. The second kappa shape index (κ2) is 22.2. The van der Waals surface area contributed by atoms with Crippen LogP contribution in [0.1, 0.15) is 81.8 Å². The van der Waals surface area contributed by atoms with Crippen molar-refractivity contribution in [2.75, 3.05) is 27.4 Å². The Kier molecular flexibility index (Phi) is 19.0. The van der Waals surface area contributed by atoms with E-state index in [-0.39, 0.29) is 11.9 Å². The fraction of sp³-hybridized carbons (Fsp3) is 0.565. The highest BCUT2D eigenvalue weighted by molar-refractivity contribution is 14.1. The summed E-state index contributed by atoms with van der Waals surface area (Å²) in [5.41, 5.74) is 9.38. The lowest BCUT2D eigenvalue weighted by molar-refractivity contribution is 0.00578. The van der Waals surface area contributed by atoms with Crippen LogP contribution in [0.25, 0.3) is 11.3 Å². The van der Waals surface area contributed by atoms with Crippen molar-refractivity contribution >= 4 is 63.3 Å². The van der Waals surface area contributed by atoms with Gasteiger partial charge in [-0.1, -0.05) is 57.0 Å². The molecule has 4 aromatic rings. The van der Waals surface area contributed by atoms with Crippen molar-refractivity contribution in [3.05, 3.63) is 84.9 Å². The van der Waals surface area contributed by atoms with E-state index in [1.165, 1.54) is 29.5 Å². The molecular weight excluding hydrogens is 930 g/mol. The third-order valence-corrected chi connectivity index (χ3v) is 16.0. The second-order valence-corrected chi connectivity index (χ2v) is 31.8. The molecule has 62 heavy (non-hydrogen) atoms. The first-order valence-electron chi connectivity index (χ1n) is 21.2. The molecule has 0 aliphatic carbocycles. The molecule has 1 aliphatic rings. The van der Waals surface area contributed by atoms with Crippen molar-refractivity contribution in [2.24, 2.45) is 0 Å². The molecule has 1 aliphatic heterocycles. The zero-order chi connectivity index (χ0) is 47.0. The van der Waals surface area contributed by atoms with Crippen LogP contribution in [0.4, 0.5) is 0 Å². The molecule has 0 amide bonds. The maximum absolute atomic E-state index is 12.1. The van der Waals surface area contributed by atoms with E-state index in [0.29, 0.717) is 24.6 Å². The van der Waals surface area contributed by atoms with E-state index in [9.17, 15) is 9.59 Å². The number of benzene rings is 2. The molecule has 342 valence electrons. The second-order valence-electron chi connectivity index (χ2n) is 19.6. The quantitative estimate of drug-likeness (QED) is 0.0522. The number of ether oxygens (including phenoxy) is 4. The first-order valence-corrected chi connectivity index (χ1v) is 29.7. The van der Waals surface area contributed by atoms with Gasteiger partial charge in [0.2, 0.25) is 0 Å². The van der Waals surface area contributed by atoms with Crippen LogP contribution in [-0.4, -0.2) is 93.4 Å². The average molecular weight is 1000 g/mol. The Morgan fingerprint density at radius 3 is 1.53 bits per heavy atom. The smallest absolute Gasteiger partial charge is 0.465 e. The number of halogens is 1. The van der Waals surface area contributed by atoms with Crippen LogP contribution < -0.4 is 5.46 Å². The van der Waals surface area contributed by atoms with Gasteiger partial charge in [0.1, 0.15) is 17.2 Å². The van der Waals surface area contributed by atoms with Crippen LogP contribution in [0.15, 0.2) is 36.7 Å². The Balaban J connectivity index is 0.000000257. The van der Waals surface area contributed by atoms with Crippen molar-refractivity contribution in [3.63, 3.8) is 0 Å². The highest BCUT2D eigenvalue weighted by Gasteiger charge is 2.52. The van der Waals surface area contributed by atoms with Crippen molar-refractivity contribution in [3.8, 4) is 11.3 Å². The highest BCUT2D eigenvalue weighted by atomic mass is 127. The molecule has 0 atom stereocenters. The van der Waals surface area contributed by atoms with Crippen LogP contribution in [-0.2, 0) is 41.7 Å². The number of hydrogen-bond acceptors (Lipinski definition) is 10. The fourth-order valence-electron chi connectivity index (χ4n) is 6.40. The third-order valence-electron chi connectivity index (χ3n) is 11.1. The number of carbonyl (C=O) groups is 2. The number of methoxy groups -OCH3 is 2. The van der Waals surface area contributed by atoms with Crippen LogP contribution in [0.5, 0.6) is 0 Å². The van der Waals surface area contributed by atoms with E-state index in [1.807, 2.05) is 108 Å². The topological polar surface area (TPSA) is 125 Å². The first-order chi connectivity index (χ1) is 28.6. The number of aromatic nitrogens is 4. The maximum Gasteiger partial charge on any atom is 0.495 e. The predicted molar refractivity (Wildman–Crippen MR) is 264 cm³/mol. The summed E-state index contributed by atoms with van der Waals surface area (Å²) >= 11 is 2.30. The van der Waals surface area contributed by atoms with E-state index in [2.05, 4.69) is 79.0 Å². The predicted octanol–water partition coefficient (Wildman–Crippen LogP) is 10.1. The summed E-state index contributed by atoms with van der Waals surface area (Å²) in [5.74, 6) is -0.663. The molecule has 2 aromatic carbocycles. The van der Waals surface area contributed by atoms with Crippen LogP contribution in [0, 0.1) is 45.2 Å². The highest BCUT2D eigenvalue weighted by Crippen LogP contribution is 2.37. The minimum absolute atomic E-state index is 0.321. The lowest BCUT2D eigenvalue weighted by Crippen LogP contribution is -2.41. The molecule has 0 saturated carbocycles. The van der Waals surface area contributed by atoms with Crippen molar-refractivity contribution in [1.82, 2.24) is 19.6 Å². The van der Waals surface area contributed by atoms with E-state index < -0.39 is 34.5 Å². The number of nitrogens with zero attached hydrogens (tertiary/aromatic N) is 4. The molecule has 0 unspecified atom stereocenters. The molecule has 1 saturated heterocycles. The molecule has 16 heteroatoms. The van der Waals surface area contributed by atoms with Gasteiger partial charge in [0.05, 0.1) is 54.6 Å². The van der Waals surface area contributed by atoms with E-state index in [1.54, 1.807) is 0 Å². The van der Waals surface area contributed by atoms with Crippen LogP contribution in [0.3, 0.4) is 0 Å². The molecule has 5 rings (SSSR count). The summed E-state index contributed by atoms with van der Waals surface area (Å²) in [4.78, 5) is 23.9. The van der Waals surface area contributed by atoms with Crippen molar-refractivity contribution in [1.29, 1.82) is 0 Å². The lowest BCUT2D eigenvalue weighted by atomic mass is 9.75. The molecule has 0 bridgehead atoms. The van der Waals surface area contributed by atoms with Gasteiger partial charge in [-0.2, -0.15) is 10.2 Å². The van der Waals surface area contributed by atoms with Gasteiger partial charge in [-0.15, -0.1) is 0 Å². The van der Waals surface area contributed by atoms with E-state index in [0.717, 1.165) is 63.8 Å². The molecular formula is C46H72BIN4O8Si2. The summed E-state index contributed by atoms with van der Waals surface area (Å²) in [5, 5.41) is 8.72. The summed E-state index contributed by atoms with van der Waals surface area (Å²) in [7, 11) is 0.244. The Hall–Kier alpha value is -3.13. The monoisotopic (exact) mass is 1000 g/mol. The van der Waals surface area contributed by atoms with E-state index in [4.69, 9.17) is 28.3 Å². The number of carbonyl (C=O) groups excluding carboxylic acids is 2. The molecule has 0 spiro atoms. The van der Waals surface area contributed by atoms with Crippen molar-refractivity contribution < 1.29 is 37.8 Å². The third kappa shape index (κ3) is 14.7. The molecule has 12 nitrogen and oxygen atoms in total. The maximum atomic E-state index is 12.1. The molecule has 0 N–H and O–H groups in total. The Bertz CT molecular complexity index is 2140. The number of esters is 2. The SMILES string of the molecule is COC(=O)c1cc(-c2c(C)cnn2COCC[Si](C)(C)C)c(C)cc1C.COC(=O)c1cc(B2OC(C)(C)C(C)(C)O2)c(C)cc1C.Cc1cnn(COCC[Si](C)(C)C)c1I. The summed E-state index contributed by atoms with van der Waals surface area (Å²) in [6, 6.07) is 10.0. The van der Waals surface area contributed by atoms with Gasteiger partial charge in [-0.05, 0) is 144 Å². The largest absolute Gasteiger partial charge is 0.495 e. The van der Waals surface area contributed by atoms with Gasteiger partial charge in [-0.25, -0.2) is 19.0 Å². The molecule has 0 radical (unpaired) electrons. The fourth-order valence-corrected chi connectivity index (χ4v) is 8.32. The summed E-state index contributed by atoms with van der Waals surface area (Å²) in [6.07, 6.45) is 3.72. The normalized spacial score (nSPS) is 14.5. The van der Waals surface area contributed by atoms with E-state index >= 15 is 0 Å². The Morgan fingerprint density at radius 1 is 0.645 bits per heavy atom. The van der Waals surface area contributed by atoms with Gasteiger partial charge < -0.3 is 28.3 Å². The Morgan fingerprint density at radius 2 is 1.08 bits per heavy atom. The average Bonchev–Trinajstić information content (AvgIpc) is 3.76. The Labute approximate surface area is 387 Å². The van der Waals surface area contributed by atoms with Gasteiger partial charge >= 0.3 is 19.1 Å². The number of rotatable bonds is 14. The van der Waals surface area contributed by atoms with Crippen LogP contribution >= 0.6 is 22.6 Å². The van der Waals surface area contributed by atoms with Gasteiger partial charge in [0, 0.05) is 40.5 Å². The molecule has 3 heterocycles. The van der Waals surface area contributed by atoms with Gasteiger partial charge in [0.25, 0.3) is 0 Å². The zero-order valence-corrected chi connectivity index (χ0v) is 44.9. The zero-order valence-electron chi connectivity index (χ0n) is 40.7. The summed E-state index contributed by atoms with van der Waals surface area (Å²) < 4.78 is 38.3. The molecule has 1 fully saturated rings. The minimum atomic E-state index is -1.11. The number of aryl methyl sites for hydroxylation is 6. The van der Waals surface area contributed by atoms with Gasteiger partial charge in [0.15, 0.2) is 0 Å². The lowest BCUT2D eigenvalue weighted by Gasteiger charge is -2.32.